The molecule has 1 atom stereocenters. The van der Waals surface area contributed by atoms with Gasteiger partial charge in [0.05, 0.1) is 16.6 Å². The topological polar surface area (TPSA) is 103 Å². The first kappa shape index (κ1) is 22.2. The largest absolute Gasteiger partial charge is 0.593 e. The highest BCUT2D eigenvalue weighted by Crippen LogP contribution is 2.42. The van der Waals surface area contributed by atoms with E-state index >= 15 is 0 Å². The average molecular weight is 468 g/mol. The highest BCUT2D eigenvalue weighted by molar-refractivity contribution is 7.95. The lowest BCUT2D eigenvalue weighted by molar-refractivity contribution is 0.0964. The van der Waals surface area contributed by atoms with Crippen molar-refractivity contribution in [1.82, 2.24) is 24.4 Å². The maximum Gasteiger partial charge on any atom is 0.251 e. The fourth-order valence-corrected chi connectivity index (χ4v) is 6.18. The normalized spacial score (nSPS) is 19.5. The lowest BCUT2D eigenvalue weighted by Gasteiger charge is -2.33. The van der Waals surface area contributed by atoms with Gasteiger partial charge in [0.25, 0.3) is 5.91 Å². The first-order valence-corrected chi connectivity index (χ1v) is 12.9. The quantitative estimate of drug-likeness (QED) is 0.580. The number of rotatable bonds is 5. The third-order valence-corrected chi connectivity index (χ3v) is 8.72. The highest BCUT2D eigenvalue weighted by atomic mass is 32.3. The van der Waals surface area contributed by atoms with Crippen LogP contribution >= 0.6 is 0 Å². The van der Waals surface area contributed by atoms with Crippen LogP contribution in [0.4, 0.5) is 0 Å². The van der Waals surface area contributed by atoms with Crippen LogP contribution < -0.4 is 5.32 Å². The van der Waals surface area contributed by atoms with Crippen molar-refractivity contribution in [1.29, 1.82) is 0 Å². The number of carbonyl (C=O) groups excluding carboxylic acids is 1. The van der Waals surface area contributed by atoms with E-state index in [1.54, 1.807) is 28.2 Å². The molecule has 1 unspecified atom stereocenters. The Labute approximate surface area is 194 Å². The molecule has 1 aliphatic heterocycles. The molecule has 1 saturated carbocycles. The molecule has 174 valence electrons. The fraction of sp³-hybridized carbons (Fsp3) is 0.458. The molecule has 3 aromatic rings. The van der Waals surface area contributed by atoms with E-state index in [1.807, 2.05) is 32.2 Å². The van der Waals surface area contributed by atoms with Crippen molar-refractivity contribution in [3.05, 3.63) is 52.8 Å². The molecule has 33 heavy (non-hydrogen) atoms. The molecule has 2 fully saturated rings. The number of hydrogen-bond acceptors (Lipinski definition) is 5. The number of fused-ring (bicyclic) bond motifs is 1. The molecule has 0 spiro atoms. The lowest BCUT2D eigenvalue weighted by atomic mass is 9.91. The maximum atomic E-state index is 13.1. The van der Waals surface area contributed by atoms with Crippen molar-refractivity contribution < 1.29 is 13.6 Å². The van der Waals surface area contributed by atoms with Gasteiger partial charge < -0.3 is 9.87 Å². The molecule has 2 aromatic heterocycles. The summed E-state index contributed by atoms with van der Waals surface area (Å²) < 4.78 is 29.5. The van der Waals surface area contributed by atoms with E-state index in [1.165, 1.54) is 0 Å². The molecule has 3 heterocycles. The molecule has 1 N–H and O–H groups in total. The number of hydrogen-bond donors (Lipinski definition) is 1. The minimum absolute atomic E-state index is 0.0650. The third kappa shape index (κ3) is 3.98. The standard InChI is InChI=1S/C24H29N5O3S/c1-15-4-8-18(9-5-15)33(31,32)29-12-10-17(11-13-29)22-21-19(24(30)25-2)14-20(16-6-7-16)26-23(21)28(3)27-22/h4-5,8-9,14,16-17H,6-7,10-13H2,1-3H3,(H-,25,30,31,32). The van der Waals surface area contributed by atoms with E-state index in [4.69, 9.17) is 10.1 Å². The summed E-state index contributed by atoms with van der Waals surface area (Å²) in [4.78, 5) is 17.9. The van der Waals surface area contributed by atoms with Crippen molar-refractivity contribution >= 4 is 27.3 Å². The number of sulfonamides is 1. The van der Waals surface area contributed by atoms with Gasteiger partial charge in [-0.25, -0.2) is 4.98 Å². The Morgan fingerprint density at radius 3 is 2.39 bits per heavy atom. The van der Waals surface area contributed by atoms with Crippen molar-refractivity contribution in [2.75, 3.05) is 20.1 Å². The van der Waals surface area contributed by atoms with Gasteiger partial charge in [0.15, 0.2) is 20.9 Å². The van der Waals surface area contributed by atoms with Crippen LogP contribution in [-0.4, -0.2) is 49.7 Å². The predicted octanol–water partition coefficient (Wildman–Crippen LogP) is 3.30. The van der Waals surface area contributed by atoms with E-state index in [9.17, 15) is 13.6 Å². The summed E-state index contributed by atoms with van der Waals surface area (Å²) >= 11 is 0. The molecule has 1 aromatic carbocycles. The molecular formula is C24H29N5O3S. The van der Waals surface area contributed by atoms with Crippen LogP contribution in [0.1, 0.15) is 64.8 Å². The number of benzene rings is 1. The van der Waals surface area contributed by atoms with Gasteiger partial charge in [-0.15, -0.1) is 4.31 Å². The Morgan fingerprint density at radius 2 is 1.79 bits per heavy atom. The minimum atomic E-state index is -3.52. The number of aromatic nitrogens is 3. The van der Waals surface area contributed by atoms with Crippen LogP contribution in [0, 0.1) is 6.92 Å². The SMILES string of the molecule is CNC(=O)c1cc(C2CC2)nc2c1c(C1CCN([S+](=O)([O-])c3ccc(C)cc3)CC1)nn2C. The summed E-state index contributed by atoms with van der Waals surface area (Å²) in [6, 6.07) is 8.90. The zero-order valence-corrected chi connectivity index (χ0v) is 20.0. The Hall–Kier alpha value is -2.62. The van der Waals surface area contributed by atoms with Gasteiger partial charge in [0.2, 0.25) is 0 Å². The summed E-state index contributed by atoms with van der Waals surface area (Å²) in [6.07, 6.45) is 3.50. The van der Waals surface area contributed by atoms with Crippen molar-refractivity contribution in [3.63, 3.8) is 0 Å². The van der Waals surface area contributed by atoms with E-state index < -0.39 is 10.4 Å². The molecule has 1 saturated heterocycles. The number of nitrogens with zero attached hydrogens (tertiary/aromatic N) is 4. The first-order valence-electron chi connectivity index (χ1n) is 11.5. The number of aryl methyl sites for hydroxylation is 2. The van der Waals surface area contributed by atoms with Gasteiger partial charge in [0.1, 0.15) is 0 Å². The second-order valence-electron chi connectivity index (χ2n) is 9.15. The molecule has 5 rings (SSSR count). The molecule has 1 aliphatic carbocycles. The highest BCUT2D eigenvalue weighted by Gasteiger charge is 2.36. The molecule has 0 bridgehead atoms. The number of piperidine rings is 1. The van der Waals surface area contributed by atoms with Crippen molar-refractivity contribution in [2.24, 2.45) is 7.05 Å². The van der Waals surface area contributed by atoms with Crippen LogP contribution in [-0.2, 0) is 21.7 Å². The van der Waals surface area contributed by atoms with E-state index in [2.05, 4.69) is 5.32 Å². The molecule has 1 amide bonds. The zero-order valence-electron chi connectivity index (χ0n) is 19.2. The molecule has 8 nitrogen and oxygen atoms in total. The molecule has 0 radical (unpaired) electrons. The lowest BCUT2D eigenvalue weighted by Crippen LogP contribution is -2.41. The van der Waals surface area contributed by atoms with Gasteiger partial charge in [-0.2, -0.15) is 5.10 Å². The Bertz CT molecular complexity index is 1260. The Kier molecular flexibility index (Phi) is 5.58. The second kappa shape index (κ2) is 8.30. The van der Waals surface area contributed by atoms with Crippen molar-refractivity contribution in [3.8, 4) is 0 Å². The van der Waals surface area contributed by atoms with Gasteiger partial charge in [-0.3, -0.25) is 9.48 Å². The number of pyridine rings is 1. The van der Waals surface area contributed by atoms with E-state index in [0.29, 0.717) is 42.3 Å². The van der Waals surface area contributed by atoms with Gasteiger partial charge in [-0.1, -0.05) is 21.9 Å². The smallest absolute Gasteiger partial charge is 0.251 e. The average Bonchev–Trinajstić information content (AvgIpc) is 3.62. The minimum Gasteiger partial charge on any atom is -0.593 e. The Balaban J connectivity index is 1.44. The third-order valence-electron chi connectivity index (χ3n) is 6.81. The van der Waals surface area contributed by atoms with Gasteiger partial charge in [-0.05, 0) is 50.8 Å². The van der Waals surface area contributed by atoms with Crippen LogP contribution in [0.3, 0.4) is 0 Å². The molecular weight excluding hydrogens is 438 g/mol. The van der Waals surface area contributed by atoms with Crippen molar-refractivity contribution in [2.45, 2.75) is 49.3 Å². The number of amides is 1. The monoisotopic (exact) mass is 467 g/mol. The maximum absolute atomic E-state index is 13.1. The zero-order chi connectivity index (χ0) is 23.3. The van der Waals surface area contributed by atoms with E-state index in [0.717, 1.165) is 40.8 Å². The summed E-state index contributed by atoms with van der Waals surface area (Å²) in [5.41, 5.74) is 4.16. The van der Waals surface area contributed by atoms with E-state index in [-0.39, 0.29) is 11.8 Å². The van der Waals surface area contributed by atoms with Gasteiger partial charge in [0, 0.05) is 44.7 Å². The Morgan fingerprint density at radius 1 is 1.12 bits per heavy atom. The van der Waals surface area contributed by atoms with Crippen LogP contribution in [0.15, 0.2) is 35.2 Å². The summed E-state index contributed by atoms with van der Waals surface area (Å²) in [7, 11) is -0.0282. The predicted molar refractivity (Wildman–Crippen MR) is 126 cm³/mol. The summed E-state index contributed by atoms with van der Waals surface area (Å²) in [6.45, 7) is 2.78. The first-order chi connectivity index (χ1) is 15.8. The molecule has 2 aliphatic rings. The van der Waals surface area contributed by atoms with Gasteiger partial charge >= 0.3 is 0 Å². The molecule has 9 heteroatoms. The van der Waals surface area contributed by atoms with Crippen LogP contribution in [0.5, 0.6) is 0 Å². The van der Waals surface area contributed by atoms with Crippen LogP contribution in [0.2, 0.25) is 0 Å². The summed E-state index contributed by atoms with van der Waals surface area (Å²) in [5, 5.41) is 8.32. The van der Waals surface area contributed by atoms with Crippen LogP contribution in [0.25, 0.3) is 11.0 Å². The summed E-state index contributed by atoms with van der Waals surface area (Å²) in [5.74, 6) is 0.347. The number of carbonyl (C=O) groups is 1. The second-order valence-corrected chi connectivity index (χ2v) is 11.1. The fourth-order valence-electron chi connectivity index (χ4n) is 4.71. The number of nitrogens with one attached hydrogen (secondary N) is 1.